The fourth-order valence-electron chi connectivity index (χ4n) is 3.37. The van der Waals surface area contributed by atoms with Gasteiger partial charge in [0.15, 0.2) is 0 Å². The van der Waals surface area contributed by atoms with Crippen LogP contribution in [0.15, 0.2) is 66.7 Å². The molecule has 0 aliphatic heterocycles. The minimum atomic E-state index is -4.74. The largest absolute Gasteiger partial charge is 0.507 e. The fraction of sp³-hybridized carbons (Fsp3) is 0.0833. The zero-order valence-electron chi connectivity index (χ0n) is 17.4. The van der Waals surface area contributed by atoms with Crippen molar-refractivity contribution < 1.29 is 27.8 Å². The van der Waals surface area contributed by atoms with E-state index < -0.39 is 17.8 Å². The first kappa shape index (κ1) is 23.2. The summed E-state index contributed by atoms with van der Waals surface area (Å²) >= 11 is 5.86. The highest BCUT2D eigenvalue weighted by Gasteiger charge is 2.38. The van der Waals surface area contributed by atoms with E-state index in [0.29, 0.717) is 10.8 Å². The average molecular weight is 488 g/mol. The number of carbonyl (C=O) groups excluding carboxylic acids is 1. The molecule has 0 saturated heterocycles. The Morgan fingerprint density at radius 3 is 2.32 bits per heavy atom. The molecule has 1 amide bonds. The minimum absolute atomic E-state index is 0.0690. The number of rotatable bonds is 6. The van der Waals surface area contributed by atoms with Crippen molar-refractivity contribution in [3.05, 3.63) is 88.6 Å². The molecule has 0 unspecified atom stereocenters. The normalized spacial score (nSPS) is 11.4. The predicted molar refractivity (Wildman–Crippen MR) is 120 cm³/mol. The van der Waals surface area contributed by atoms with Crippen molar-refractivity contribution in [1.82, 2.24) is 10.2 Å². The van der Waals surface area contributed by atoms with Crippen LogP contribution in [0.2, 0.25) is 5.02 Å². The number of phenolic OH excluding ortho intramolecular Hbond substituents is 1. The highest BCUT2D eigenvalue weighted by atomic mass is 35.5. The van der Waals surface area contributed by atoms with Gasteiger partial charge in [0.05, 0.1) is 0 Å². The number of nitrogens with one attached hydrogen (secondary N) is 1. The summed E-state index contributed by atoms with van der Waals surface area (Å²) in [4.78, 5) is 11.3. The summed E-state index contributed by atoms with van der Waals surface area (Å²) in [5, 5.41) is 17.0. The summed E-state index contributed by atoms with van der Waals surface area (Å²) in [6.07, 6.45) is -4.74. The van der Waals surface area contributed by atoms with Gasteiger partial charge in [-0.3, -0.25) is 9.89 Å². The number of halogens is 4. The topological polar surface area (TPSA) is 101 Å². The van der Waals surface area contributed by atoms with Gasteiger partial charge in [0.2, 0.25) is 5.91 Å². The molecular weight excluding hydrogens is 471 g/mol. The van der Waals surface area contributed by atoms with Crippen molar-refractivity contribution in [3.8, 4) is 33.9 Å². The highest BCUT2D eigenvalue weighted by Crippen LogP contribution is 2.43. The molecule has 4 N–H and O–H groups in total. The van der Waals surface area contributed by atoms with E-state index in [1.54, 1.807) is 24.3 Å². The maximum Gasteiger partial charge on any atom is 0.433 e. The number of carbonyl (C=O) groups is 1. The van der Waals surface area contributed by atoms with Gasteiger partial charge in [-0.05, 0) is 47.5 Å². The lowest BCUT2D eigenvalue weighted by Gasteiger charge is -2.12. The van der Waals surface area contributed by atoms with Gasteiger partial charge in [-0.15, -0.1) is 0 Å². The van der Waals surface area contributed by atoms with Gasteiger partial charge in [-0.25, -0.2) is 0 Å². The van der Waals surface area contributed by atoms with Gasteiger partial charge in [0.25, 0.3) is 0 Å². The zero-order valence-corrected chi connectivity index (χ0v) is 18.1. The summed E-state index contributed by atoms with van der Waals surface area (Å²) < 4.78 is 46.7. The van der Waals surface area contributed by atoms with E-state index in [9.17, 15) is 23.1 Å². The molecule has 0 aliphatic rings. The molecule has 0 atom stereocenters. The second-order valence-electron chi connectivity index (χ2n) is 7.36. The zero-order chi connectivity index (χ0) is 24.5. The molecule has 0 bridgehead atoms. The van der Waals surface area contributed by atoms with Gasteiger partial charge in [-0.2, -0.15) is 18.3 Å². The molecule has 10 heteroatoms. The van der Waals surface area contributed by atoms with E-state index >= 15 is 0 Å². The number of benzene rings is 3. The molecule has 4 aromatic rings. The number of aromatic hydroxyl groups is 1. The van der Waals surface area contributed by atoms with E-state index in [2.05, 4.69) is 5.10 Å². The molecule has 3 aromatic carbocycles. The summed E-state index contributed by atoms with van der Waals surface area (Å²) in [6.45, 7) is 0.202. The smallest absolute Gasteiger partial charge is 0.433 e. The molecule has 174 valence electrons. The van der Waals surface area contributed by atoms with Crippen LogP contribution in [0.1, 0.15) is 21.6 Å². The number of H-pyrrole nitrogens is 1. The Morgan fingerprint density at radius 2 is 1.74 bits per heavy atom. The lowest BCUT2D eigenvalue weighted by molar-refractivity contribution is -0.140. The van der Waals surface area contributed by atoms with Gasteiger partial charge in [0.1, 0.15) is 29.5 Å². The van der Waals surface area contributed by atoms with E-state index in [0.717, 1.165) is 5.56 Å². The molecule has 0 saturated carbocycles. The molecule has 0 radical (unpaired) electrons. The monoisotopic (exact) mass is 487 g/mol. The number of amides is 1. The molecule has 4 rings (SSSR count). The van der Waals surface area contributed by atoms with Gasteiger partial charge in [0, 0.05) is 27.8 Å². The van der Waals surface area contributed by atoms with Gasteiger partial charge < -0.3 is 15.6 Å². The van der Waals surface area contributed by atoms with Gasteiger partial charge in [-0.1, -0.05) is 35.9 Å². The standard InChI is InChI=1S/C24H17ClF3N3O3/c25-16-7-1-13(2-8-16)12-34-17-9-10-18(19(32)11-17)21-20(22(31-30-21)24(26,27)28)14-3-5-15(6-4-14)23(29)33/h1-11,32H,12H2,(H2,29,33)(H,30,31). The summed E-state index contributed by atoms with van der Waals surface area (Å²) in [5.74, 6) is -0.708. The quantitative estimate of drug-likeness (QED) is 0.320. The van der Waals surface area contributed by atoms with E-state index in [-0.39, 0.29) is 40.3 Å². The summed E-state index contributed by atoms with van der Waals surface area (Å²) in [7, 11) is 0. The maximum absolute atomic E-state index is 13.7. The molecule has 0 aliphatic carbocycles. The Labute approximate surface area is 196 Å². The third-order valence-electron chi connectivity index (χ3n) is 5.05. The predicted octanol–water partition coefficient (Wildman–Crippen LogP) is 5.80. The van der Waals surface area contributed by atoms with Crippen molar-refractivity contribution in [2.24, 2.45) is 5.73 Å². The van der Waals surface area contributed by atoms with Crippen LogP contribution < -0.4 is 10.5 Å². The van der Waals surface area contributed by atoms with Crippen molar-refractivity contribution in [1.29, 1.82) is 0 Å². The fourth-order valence-corrected chi connectivity index (χ4v) is 3.50. The van der Waals surface area contributed by atoms with Crippen molar-refractivity contribution in [3.63, 3.8) is 0 Å². The van der Waals surface area contributed by atoms with Crippen LogP contribution in [0.5, 0.6) is 11.5 Å². The Bertz CT molecular complexity index is 1330. The van der Waals surface area contributed by atoms with Crippen LogP contribution in [0.25, 0.3) is 22.4 Å². The van der Waals surface area contributed by atoms with E-state index in [1.165, 1.54) is 42.5 Å². The van der Waals surface area contributed by atoms with Crippen LogP contribution in [0.4, 0.5) is 13.2 Å². The first-order valence-corrected chi connectivity index (χ1v) is 10.3. The Hall–Kier alpha value is -3.98. The number of hydrogen-bond donors (Lipinski definition) is 3. The molecular formula is C24H17ClF3N3O3. The number of phenols is 1. The minimum Gasteiger partial charge on any atom is -0.507 e. The highest BCUT2D eigenvalue weighted by molar-refractivity contribution is 6.30. The van der Waals surface area contributed by atoms with Crippen LogP contribution in [0.3, 0.4) is 0 Å². The maximum atomic E-state index is 13.7. The third kappa shape index (κ3) is 4.84. The Morgan fingerprint density at radius 1 is 1.06 bits per heavy atom. The number of ether oxygens (including phenoxy) is 1. The SMILES string of the molecule is NC(=O)c1ccc(-c2c(-c3ccc(OCc4ccc(Cl)cc4)cc3O)n[nH]c2C(F)(F)F)cc1. The van der Waals surface area contributed by atoms with Crippen LogP contribution in [-0.4, -0.2) is 21.2 Å². The Kier molecular flexibility index (Phi) is 6.21. The molecule has 1 aromatic heterocycles. The average Bonchev–Trinajstić information content (AvgIpc) is 3.24. The number of aromatic amines is 1. The third-order valence-corrected chi connectivity index (χ3v) is 5.30. The molecule has 6 nitrogen and oxygen atoms in total. The van der Waals surface area contributed by atoms with Crippen LogP contribution >= 0.6 is 11.6 Å². The number of nitrogens with zero attached hydrogens (tertiary/aromatic N) is 1. The van der Waals surface area contributed by atoms with Crippen LogP contribution in [-0.2, 0) is 12.8 Å². The second-order valence-corrected chi connectivity index (χ2v) is 7.79. The lowest BCUT2D eigenvalue weighted by Crippen LogP contribution is -2.10. The van der Waals surface area contributed by atoms with Crippen LogP contribution in [0, 0.1) is 0 Å². The number of nitrogens with two attached hydrogens (primary N) is 1. The summed E-state index contributed by atoms with van der Waals surface area (Å²) in [5.41, 5.74) is 4.95. The van der Waals surface area contributed by atoms with Crippen molar-refractivity contribution in [2.45, 2.75) is 12.8 Å². The molecule has 34 heavy (non-hydrogen) atoms. The lowest BCUT2D eigenvalue weighted by atomic mass is 9.97. The van der Waals surface area contributed by atoms with E-state index in [4.69, 9.17) is 22.1 Å². The first-order valence-electron chi connectivity index (χ1n) is 9.90. The number of hydrogen-bond acceptors (Lipinski definition) is 4. The molecule has 0 fully saturated rings. The second kappa shape index (κ2) is 9.11. The van der Waals surface area contributed by atoms with Crippen molar-refractivity contribution >= 4 is 17.5 Å². The number of aromatic nitrogens is 2. The molecule has 1 heterocycles. The first-order chi connectivity index (χ1) is 16.1. The van der Waals surface area contributed by atoms with Crippen molar-refractivity contribution in [2.75, 3.05) is 0 Å². The number of primary amides is 1. The molecule has 0 spiro atoms. The van der Waals surface area contributed by atoms with E-state index in [1.807, 2.05) is 5.10 Å². The van der Waals surface area contributed by atoms with Gasteiger partial charge >= 0.3 is 6.18 Å². The number of alkyl halides is 3. The summed E-state index contributed by atoms with van der Waals surface area (Å²) in [6, 6.07) is 16.6. The Balaban J connectivity index is 1.69.